The van der Waals surface area contributed by atoms with Crippen molar-refractivity contribution in [2.75, 3.05) is 0 Å². The van der Waals surface area contributed by atoms with Crippen LogP contribution in [0.3, 0.4) is 0 Å². The van der Waals surface area contributed by atoms with Gasteiger partial charge in [-0.05, 0) is 45.7 Å². The van der Waals surface area contributed by atoms with Crippen LogP contribution in [0.1, 0.15) is 49.9 Å². The average Bonchev–Trinajstić information content (AvgIpc) is 2.90. The van der Waals surface area contributed by atoms with Gasteiger partial charge in [0.1, 0.15) is 0 Å². The SMILES string of the molecule is C[Si]C1C(C)=Cc2c(-c3ccc(C(C)(C)C)cc3)cccc21.[Cl][Zr][Cl]. The number of hydrogen-bond acceptors (Lipinski definition) is 0. The van der Waals surface area contributed by atoms with Gasteiger partial charge in [0.2, 0.25) is 0 Å². The van der Waals surface area contributed by atoms with Crippen molar-refractivity contribution in [3.63, 3.8) is 0 Å². The van der Waals surface area contributed by atoms with E-state index in [1.807, 2.05) is 0 Å². The van der Waals surface area contributed by atoms with E-state index in [1.54, 1.807) is 0 Å². The number of halogens is 2. The second-order valence-electron chi connectivity index (χ2n) is 7.32. The van der Waals surface area contributed by atoms with Crippen molar-refractivity contribution < 1.29 is 20.8 Å². The molecule has 0 amide bonds. The van der Waals surface area contributed by atoms with Crippen molar-refractivity contribution in [3.8, 4) is 11.1 Å². The quantitative estimate of drug-likeness (QED) is 0.409. The molecule has 130 valence electrons. The summed E-state index contributed by atoms with van der Waals surface area (Å²) < 4.78 is 0. The standard InChI is InChI=1S/C21H24Si.2ClH.Zr/c1-14-13-19-17(7-6-8-18(19)20(14)22-5)15-9-11-16(12-10-15)21(2,3)4;;;/h6-13,20H,1-5H3;2*1H;/q;;;+2/p-2. The van der Waals surface area contributed by atoms with Crippen molar-refractivity contribution in [2.24, 2.45) is 0 Å². The molecule has 1 atom stereocenters. The normalized spacial score (nSPS) is 15.8. The number of allylic oxidation sites excluding steroid dienone is 1. The first-order chi connectivity index (χ1) is 11.8. The summed E-state index contributed by atoms with van der Waals surface area (Å²) in [6.07, 6.45) is 2.39. The third-order valence-electron chi connectivity index (χ3n) is 4.63. The predicted octanol–water partition coefficient (Wildman–Crippen LogP) is 7.24. The third-order valence-corrected chi connectivity index (χ3v) is 5.97. The zero-order valence-corrected chi connectivity index (χ0v) is 20.4. The summed E-state index contributed by atoms with van der Waals surface area (Å²) >= 11 is -0.826. The van der Waals surface area contributed by atoms with Crippen LogP contribution >= 0.6 is 17.0 Å². The maximum atomic E-state index is 4.93. The summed E-state index contributed by atoms with van der Waals surface area (Å²) in [5, 5.41) is 0. The molecule has 2 aromatic carbocycles. The summed E-state index contributed by atoms with van der Waals surface area (Å²) in [6, 6.07) is 15.9. The van der Waals surface area contributed by atoms with E-state index in [1.165, 1.54) is 33.4 Å². The van der Waals surface area contributed by atoms with Gasteiger partial charge < -0.3 is 0 Å². The van der Waals surface area contributed by atoms with Gasteiger partial charge in [-0.3, -0.25) is 0 Å². The first-order valence-corrected chi connectivity index (χ1v) is 16.3. The molecule has 0 spiro atoms. The molecule has 1 aliphatic carbocycles. The summed E-state index contributed by atoms with van der Waals surface area (Å²) in [4.78, 5) is 0. The predicted molar refractivity (Wildman–Crippen MR) is 110 cm³/mol. The molecular weight excluding hydrogens is 442 g/mol. The Balaban J connectivity index is 0.000000701. The molecule has 0 bridgehead atoms. The topological polar surface area (TPSA) is 0 Å². The van der Waals surface area contributed by atoms with Crippen LogP contribution < -0.4 is 0 Å². The van der Waals surface area contributed by atoms with E-state index in [9.17, 15) is 0 Å². The fourth-order valence-corrected chi connectivity index (χ4v) is 4.44. The summed E-state index contributed by atoms with van der Waals surface area (Å²) in [5.41, 5.74) is 9.38. The van der Waals surface area contributed by atoms with Gasteiger partial charge in [0, 0.05) is 9.52 Å². The zero-order valence-electron chi connectivity index (χ0n) is 15.5. The third kappa shape index (κ3) is 4.98. The van der Waals surface area contributed by atoms with Crippen molar-refractivity contribution in [1.82, 2.24) is 0 Å². The van der Waals surface area contributed by atoms with Gasteiger partial charge in [-0.2, -0.15) is 0 Å². The molecule has 2 radical (unpaired) electrons. The van der Waals surface area contributed by atoms with Crippen LogP contribution in [0, 0.1) is 0 Å². The van der Waals surface area contributed by atoms with Crippen molar-refractivity contribution in [3.05, 3.63) is 64.7 Å². The van der Waals surface area contributed by atoms with Crippen molar-refractivity contribution in [1.29, 1.82) is 0 Å². The fraction of sp³-hybridized carbons (Fsp3) is 0.333. The van der Waals surface area contributed by atoms with Crippen LogP contribution in [0.5, 0.6) is 0 Å². The van der Waals surface area contributed by atoms with E-state index in [0.29, 0.717) is 5.54 Å². The van der Waals surface area contributed by atoms with Crippen LogP contribution in [0.15, 0.2) is 48.0 Å². The van der Waals surface area contributed by atoms with Gasteiger partial charge in [-0.25, -0.2) is 0 Å². The van der Waals surface area contributed by atoms with Gasteiger partial charge in [0.25, 0.3) is 0 Å². The number of benzene rings is 2. The van der Waals surface area contributed by atoms with Gasteiger partial charge in [0.15, 0.2) is 0 Å². The molecule has 0 saturated heterocycles. The van der Waals surface area contributed by atoms with Crippen LogP contribution in [-0.2, 0) is 26.3 Å². The van der Waals surface area contributed by atoms with E-state index >= 15 is 0 Å². The summed E-state index contributed by atoms with van der Waals surface area (Å²) in [7, 11) is 10.8. The van der Waals surface area contributed by atoms with Gasteiger partial charge in [0.05, 0.1) is 0 Å². The van der Waals surface area contributed by atoms with E-state index < -0.39 is 20.8 Å². The fourth-order valence-electron chi connectivity index (χ4n) is 3.34. The van der Waals surface area contributed by atoms with E-state index in [2.05, 4.69) is 82.8 Å². The van der Waals surface area contributed by atoms with Crippen LogP contribution in [0.25, 0.3) is 17.2 Å². The van der Waals surface area contributed by atoms with Crippen molar-refractivity contribution in [2.45, 2.75) is 45.2 Å². The minimum absolute atomic E-state index is 0.210. The van der Waals surface area contributed by atoms with Gasteiger partial charge >= 0.3 is 37.9 Å². The van der Waals surface area contributed by atoms with E-state index in [0.717, 1.165) is 9.52 Å². The molecule has 0 aliphatic heterocycles. The summed E-state index contributed by atoms with van der Waals surface area (Å²) in [6.45, 7) is 11.4. The van der Waals surface area contributed by atoms with E-state index in [-0.39, 0.29) is 5.41 Å². The monoisotopic (exact) mass is 464 g/mol. The summed E-state index contributed by atoms with van der Waals surface area (Å²) in [5.74, 6) is 0. The molecule has 0 aromatic heterocycles. The molecule has 0 heterocycles. The number of hydrogen-bond donors (Lipinski definition) is 0. The average molecular weight is 467 g/mol. The Labute approximate surface area is 173 Å². The molecule has 4 heteroatoms. The second kappa shape index (κ2) is 9.18. The Bertz CT molecular complexity index is 745. The van der Waals surface area contributed by atoms with Gasteiger partial charge in [-0.15, -0.1) is 0 Å². The van der Waals surface area contributed by atoms with Crippen molar-refractivity contribution >= 4 is 32.6 Å². The molecule has 0 nitrogen and oxygen atoms in total. The van der Waals surface area contributed by atoms with Gasteiger partial charge in [-0.1, -0.05) is 81.4 Å². The molecule has 3 rings (SSSR count). The first-order valence-electron chi connectivity index (χ1n) is 8.39. The first kappa shape index (κ1) is 21.2. The Morgan fingerprint density at radius 2 is 1.60 bits per heavy atom. The second-order valence-corrected chi connectivity index (χ2v) is 12.2. The zero-order chi connectivity index (χ0) is 18.6. The Hall–Kier alpha value is -0.140. The molecule has 25 heavy (non-hydrogen) atoms. The number of rotatable bonds is 2. The molecule has 1 unspecified atom stereocenters. The molecule has 0 fully saturated rings. The van der Waals surface area contributed by atoms with E-state index in [4.69, 9.17) is 17.0 Å². The van der Waals surface area contributed by atoms with Crippen LogP contribution in [0.4, 0.5) is 0 Å². The maximum absolute atomic E-state index is 4.93. The molecule has 1 aliphatic rings. The molecule has 2 aromatic rings. The van der Waals surface area contributed by atoms with Crippen LogP contribution in [0.2, 0.25) is 6.55 Å². The Morgan fingerprint density at radius 3 is 2.12 bits per heavy atom. The molecule has 0 saturated carbocycles. The Morgan fingerprint density at radius 1 is 1.00 bits per heavy atom. The van der Waals surface area contributed by atoms with Crippen LogP contribution in [-0.4, -0.2) is 9.52 Å². The Kier molecular flexibility index (Phi) is 7.77. The molecule has 0 N–H and O–H groups in total. The number of fused-ring (bicyclic) bond motifs is 1. The minimum atomic E-state index is -0.826. The molecular formula is C21H24Cl2SiZr.